The number of aromatic nitrogens is 2. The van der Waals surface area contributed by atoms with E-state index in [1.165, 1.54) is 24.3 Å². The van der Waals surface area contributed by atoms with Crippen LogP contribution in [-0.2, 0) is 12.8 Å². The molecule has 26 heavy (non-hydrogen) atoms. The van der Waals surface area contributed by atoms with Gasteiger partial charge in [-0.2, -0.15) is 0 Å². The van der Waals surface area contributed by atoms with Gasteiger partial charge in [0.1, 0.15) is 11.6 Å². The Hall–Kier alpha value is -3.28. The molecule has 0 spiro atoms. The van der Waals surface area contributed by atoms with Gasteiger partial charge in [0.15, 0.2) is 10.9 Å². The van der Waals surface area contributed by atoms with Gasteiger partial charge in [-0.05, 0) is 24.3 Å². The van der Waals surface area contributed by atoms with E-state index in [2.05, 4.69) is 9.97 Å². The summed E-state index contributed by atoms with van der Waals surface area (Å²) in [6.07, 6.45) is 0.345. The zero-order valence-corrected chi connectivity index (χ0v) is 13.5. The topological polar surface area (TPSA) is 65.7 Å². The standard InChI is InChI=1S/C20H12F2N2O2/c21-13-5-1-3-9-17(13)23-15-8-12-16(7-11(15)19(9)25)24-18-10(20(12)26)4-2-6-14(18)22/h1-6H,7-8H2,(H,23,25)(H,24,26). The summed E-state index contributed by atoms with van der Waals surface area (Å²) in [5.74, 6) is -1.02. The van der Waals surface area contributed by atoms with Crippen LogP contribution in [0.1, 0.15) is 22.5 Å². The van der Waals surface area contributed by atoms with Gasteiger partial charge in [-0.3, -0.25) is 9.59 Å². The van der Waals surface area contributed by atoms with Crippen LogP contribution in [0.2, 0.25) is 0 Å². The molecular formula is C20H12F2N2O2. The van der Waals surface area contributed by atoms with E-state index in [1.54, 1.807) is 12.1 Å². The molecule has 0 saturated carbocycles. The molecule has 0 atom stereocenters. The van der Waals surface area contributed by atoms with Crippen LogP contribution >= 0.6 is 0 Å². The third-order valence-electron chi connectivity index (χ3n) is 5.05. The molecule has 0 unspecified atom stereocenters. The molecule has 128 valence electrons. The fraction of sp³-hybridized carbons (Fsp3) is 0.100. The van der Waals surface area contributed by atoms with Gasteiger partial charge in [-0.25, -0.2) is 8.78 Å². The Kier molecular flexibility index (Phi) is 2.95. The van der Waals surface area contributed by atoms with Crippen LogP contribution in [0.4, 0.5) is 8.78 Å². The number of nitrogens with one attached hydrogen (secondary N) is 2. The van der Waals surface area contributed by atoms with Gasteiger partial charge in [-0.1, -0.05) is 12.1 Å². The lowest BCUT2D eigenvalue weighted by Gasteiger charge is -2.20. The lowest BCUT2D eigenvalue weighted by Crippen LogP contribution is -2.26. The zero-order chi connectivity index (χ0) is 18.0. The first-order valence-corrected chi connectivity index (χ1v) is 8.19. The van der Waals surface area contributed by atoms with Gasteiger partial charge in [0, 0.05) is 46.1 Å². The zero-order valence-electron chi connectivity index (χ0n) is 13.5. The maximum Gasteiger partial charge on any atom is 0.193 e. The number of fused-ring (bicyclic) bond motifs is 4. The SMILES string of the molecule is O=c1c2c([nH]c3c(F)cccc13)Cc1c([nH]c3c(F)cccc3c1=O)C2. The van der Waals surface area contributed by atoms with E-state index >= 15 is 0 Å². The summed E-state index contributed by atoms with van der Waals surface area (Å²) in [4.78, 5) is 31.6. The van der Waals surface area contributed by atoms with Gasteiger partial charge in [0.25, 0.3) is 0 Å². The molecule has 1 aliphatic rings. The molecule has 2 heterocycles. The average Bonchev–Trinajstić information content (AvgIpc) is 2.63. The van der Waals surface area contributed by atoms with Gasteiger partial charge in [-0.15, -0.1) is 0 Å². The molecule has 2 aromatic carbocycles. The number of halogens is 2. The van der Waals surface area contributed by atoms with Crippen LogP contribution in [0, 0.1) is 11.6 Å². The summed E-state index contributed by atoms with van der Waals surface area (Å²) < 4.78 is 28.2. The van der Waals surface area contributed by atoms with E-state index in [0.29, 0.717) is 22.5 Å². The second-order valence-electron chi connectivity index (χ2n) is 6.50. The predicted octanol–water partition coefficient (Wildman–Crippen LogP) is 3.14. The van der Waals surface area contributed by atoms with Gasteiger partial charge >= 0.3 is 0 Å². The van der Waals surface area contributed by atoms with Crippen LogP contribution in [-0.4, -0.2) is 9.97 Å². The normalized spacial score (nSPS) is 13.0. The van der Waals surface area contributed by atoms with Crippen molar-refractivity contribution in [2.75, 3.05) is 0 Å². The Morgan fingerprint density at radius 1 is 0.692 bits per heavy atom. The average molecular weight is 350 g/mol. The molecule has 1 aliphatic carbocycles. The summed E-state index contributed by atoms with van der Waals surface area (Å²) >= 11 is 0. The van der Waals surface area contributed by atoms with Crippen molar-refractivity contribution in [3.8, 4) is 0 Å². The minimum atomic E-state index is -0.511. The summed E-state index contributed by atoms with van der Waals surface area (Å²) in [5, 5.41) is 0.531. The molecule has 0 radical (unpaired) electrons. The highest BCUT2D eigenvalue weighted by Gasteiger charge is 2.24. The van der Waals surface area contributed by atoms with Crippen LogP contribution in [0.25, 0.3) is 21.8 Å². The Balaban J connectivity index is 1.82. The Morgan fingerprint density at radius 2 is 1.12 bits per heavy atom. The summed E-state index contributed by atoms with van der Waals surface area (Å²) in [6, 6.07) is 8.67. The molecule has 0 amide bonds. The summed E-state index contributed by atoms with van der Waals surface area (Å²) in [5.41, 5.74) is 1.75. The number of rotatable bonds is 0. The molecule has 5 rings (SSSR count). The molecule has 4 nitrogen and oxygen atoms in total. The summed E-state index contributed by atoms with van der Waals surface area (Å²) in [7, 11) is 0. The van der Waals surface area contributed by atoms with Crippen LogP contribution in [0.3, 0.4) is 0 Å². The summed E-state index contributed by atoms with van der Waals surface area (Å²) in [6.45, 7) is 0. The highest BCUT2D eigenvalue weighted by atomic mass is 19.1. The van der Waals surface area contributed by atoms with Crippen molar-refractivity contribution >= 4 is 21.8 Å². The second-order valence-corrected chi connectivity index (χ2v) is 6.50. The fourth-order valence-corrected chi connectivity index (χ4v) is 3.76. The molecule has 0 aliphatic heterocycles. The van der Waals surface area contributed by atoms with Gasteiger partial charge in [0.05, 0.1) is 11.0 Å². The van der Waals surface area contributed by atoms with Crippen molar-refractivity contribution in [1.29, 1.82) is 0 Å². The van der Waals surface area contributed by atoms with Crippen LogP contribution in [0.5, 0.6) is 0 Å². The van der Waals surface area contributed by atoms with Gasteiger partial charge < -0.3 is 9.97 Å². The number of para-hydroxylation sites is 2. The third-order valence-corrected chi connectivity index (χ3v) is 5.05. The van der Waals surface area contributed by atoms with E-state index in [-0.39, 0.29) is 45.5 Å². The highest BCUT2D eigenvalue weighted by Crippen LogP contribution is 2.26. The lowest BCUT2D eigenvalue weighted by molar-refractivity contribution is 0.634. The smallest absolute Gasteiger partial charge is 0.193 e. The first-order valence-electron chi connectivity index (χ1n) is 8.19. The molecule has 0 bridgehead atoms. The van der Waals surface area contributed by atoms with Gasteiger partial charge in [0.2, 0.25) is 0 Å². The Morgan fingerprint density at radius 3 is 1.54 bits per heavy atom. The van der Waals surface area contributed by atoms with E-state index in [9.17, 15) is 18.4 Å². The minimum absolute atomic E-state index is 0.142. The van der Waals surface area contributed by atoms with E-state index in [1.807, 2.05) is 0 Å². The first-order chi connectivity index (χ1) is 12.5. The van der Waals surface area contributed by atoms with Crippen molar-refractivity contribution < 1.29 is 8.78 Å². The molecule has 4 aromatic rings. The van der Waals surface area contributed by atoms with Crippen molar-refractivity contribution in [3.63, 3.8) is 0 Å². The molecule has 0 fully saturated rings. The number of H-pyrrole nitrogens is 2. The number of hydrogen-bond donors (Lipinski definition) is 2. The number of hydrogen-bond acceptors (Lipinski definition) is 2. The minimum Gasteiger partial charge on any atom is -0.355 e. The number of aromatic amines is 2. The molecule has 2 N–H and O–H groups in total. The molecule has 0 saturated heterocycles. The fourth-order valence-electron chi connectivity index (χ4n) is 3.76. The molecule has 2 aromatic heterocycles. The predicted molar refractivity (Wildman–Crippen MR) is 94.7 cm³/mol. The second kappa shape index (κ2) is 5.11. The Bertz CT molecular complexity index is 1250. The third kappa shape index (κ3) is 1.92. The van der Waals surface area contributed by atoms with E-state index < -0.39 is 11.6 Å². The van der Waals surface area contributed by atoms with Crippen LogP contribution in [0.15, 0.2) is 46.0 Å². The first kappa shape index (κ1) is 15.0. The van der Waals surface area contributed by atoms with Crippen molar-refractivity contribution in [2.45, 2.75) is 12.8 Å². The number of benzene rings is 2. The van der Waals surface area contributed by atoms with Crippen LogP contribution < -0.4 is 10.9 Å². The van der Waals surface area contributed by atoms with Crippen molar-refractivity contribution in [3.05, 3.63) is 91.0 Å². The monoisotopic (exact) mass is 350 g/mol. The number of pyridine rings is 2. The Labute approximate surface area is 145 Å². The van der Waals surface area contributed by atoms with Crippen molar-refractivity contribution in [2.24, 2.45) is 0 Å². The molecular weight excluding hydrogens is 338 g/mol. The molecule has 6 heteroatoms. The maximum atomic E-state index is 14.1. The maximum absolute atomic E-state index is 14.1. The quantitative estimate of drug-likeness (QED) is 0.451. The van der Waals surface area contributed by atoms with E-state index in [4.69, 9.17) is 0 Å². The largest absolute Gasteiger partial charge is 0.355 e. The van der Waals surface area contributed by atoms with E-state index in [0.717, 1.165) is 0 Å². The lowest BCUT2D eigenvalue weighted by atomic mass is 9.90. The van der Waals surface area contributed by atoms with Crippen molar-refractivity contribution in [1.82, 2.24) is 9.97 Å². The highest BCUT2D eigenvalue weighted by molar-refractivity contribution is 5.82.